The fraction of sp³-hybridized carbons (Fsp3) is 0.333. The minimum Gasteiger partial charge on any atom is -0.356 e. The molecule has 28 heavy (non-hydrogen) atoms. The summed E-state index contributed by atoms with van der Waals surface area (Å²) in [6.07, 6.45) is 2.77. The van der Waals surface area contributed by atoms with E-state index in [1.54, 1.807) is 11.1 Å². The Kier molecular flexibility index (Phi) is 6.73. The number of aromatic nitrogens is 1. The lowest BCUT2D eigenvalue weighted by Crippen LogP contribution is -2.34. The van der Waals surface area contributed by atoms with Crippen LogP contribution in [0.3, 0.4) is 0 Å². The molecule has 0 spiro atoms. The number of pyridine rings is 1. The maximum Gasteiger partial charge on any atom is 0.227 e. The Morgan fingerprint density at radius 1 is 1.07 bits per heavy atom. The van der Waals surface area contributed by atoms with Crippen LogP contribution in [0.2, 0.25) is 0 Å². The van der Waals surface area contributed by atoms with Gasteiger partial charge in [0.25, 0.3) is 0 Å². The van der Waals surface area contributed by atoms with Gasteiger partial charge in [-0.15, -0.1) is 0 Å². The SMILES string of the molecule is O=C(CCCNC(=O)[C@H]1CC(=O)N(c2ccccc2)C1)NCc1ccccn1. The van der Waals surface area contributed by atoms with Crippen LogP contribution in [0.25, 0.3) is 0 Å². The van der Waals surface area contributed by atoms with Gasteiger partial charge in [-0.2, -0.15) is 0 Å². The molecule has 1 aliphatic heterocycles. The van der Waals surface area contributed by atoms with Crippen molar-refractivity contribution in [2.24, 2.45) is 5.92 Å². The summed E-state index contributed by atoms with van der Waals surface area (Å²) in [7, 11) is 0. The highest BCUT2D eigenvalue weighted by atomic mass is 16.2. The molecule has 3 amide bonds. The molecule has 2 N–H and O–H groups in total. The number of hydrogen-bond acceptors (Lipinski definition) is 4. The highest BCUT2D eigenvalue weighted by molar-refractivity contribution is 6.00. The predicted octanol–water partition coefficient (Wildman–Crippen LogP) is 1.65. The van der Waals surface area contributed by atoms with Gasteiger partial charge in [0.1, 0.15) is 0 Å². The molecule has 7 heteroatoms. The van der Waals surface area contributed by atoms with Crippen LogP contribution < -0.4 is 15.5 Å². The molecule has 2 heterocycles. The highest BCUT2D eigenvalue weighted by Crippen LogP contribution is 2.24. The van der Waals surface area contributed by atoms with Gasteiger partial charge in [-0.25, -0.2) is 0 Å². The van der Waals surface area contributed by atoms with E-state index in [2.05, 4.69) is 15.6 Å². The monoisotopic (exact) mass is 380 g/mol. The second-order valence-corrected chi connectivity index (χ2v) is 6.73. The Balaban J connectivity index is 1.34. The molecule has 0 radical (unpaired) electrons. The fourth-order valence-electron chi connectivity index (χ4n) is 3.13. The molecule has 0 saturated carbocycles. The number of carbonyl (C=O) groups excluding carboxylic acids is 3. The molecule has 146 valence electrons. The summed E-state index contributed by atoms with van der Waals surface area (Å²) in [5.74, 6) is -0.613. The van der Waals surface area contributed by atoms with Gasteiger partial charge >= 0.3 is 0 Å². The molecule has 1 atom stereocenters. The second-order valence-electron chi connectivity index (χ2n) is 6.73. The number of nitrogens with one attached hydrogen (secondary N) is 2. The van der Waals surface area contributed by atoms with E-state index in [0.29, 0.717) is 32.5 Å². The van der Waals surface area contributed by atoms with Crippen molar-refractivity contribution < 1.29 is 14.4 Å². The lowest BCUT2D eigenvalue weighted by atomic mass is 10.1. The Morgan fingerprint density at radius 3 is 2.61 bits per heavy atom. The van der Waals surface area contributed by atoms with Gasteiger partial charge in [-0.05, 0) is 30.7 Å². The van der Waals surface area contributed by atoms with Gasteiger partial charge in [-0.3, -0.25) is 19.4 Å². The third-order valence-electron chi connectivity index (χ3n) is 4.64. The number of carbonyl (C=O) groups is 3. The van der Waals surface area contributed by atoms with Crippen LogP contribution >= 0.6 is 0 Å². The fourth-order valence-corrected chi connectivity index (χ4v) is 3.13. The molecular formula is C21H24N4O3. The van der Waals surface area contributed by atoms with E-state index < -0.39 is 0 Å². The average Bonchev–Trinajstić information content (AvgIpc) is 3.13. The van der Waals surface area contributed by atoms with E-state index in [1.807, 2.05) is 48.5 Å². The number of benzene rings is 1. The zero-order valence-corrected chi connectivity index (χ0v) is 15.6. The van der Waals surface area contributed by atoms with Gasteiger partial charge in [-0.1, -0.05) is 24.3 Å². The molecule has 1 saturated heterocycles. The predicted molar refractivity (Wildman–Crippen MR) is 105 cm³/mol. The Hall–Kier alpha value is -3.22. The topological polar surface area (TPSA) is 91.4 Å². The first-order chi connectivity index (χ1) is 13.6. The lowest BCUT2D eigenvalue weighted by molar-refractivity contribution is -0.126. The number of rotatable bonds is 8. The number of anilines is 1. The Bertz CT molecular complexity index is 811. The third kappa shape index (κ3) is 5.39. The third-order valence-corrected chi connectivity index (χ3v) is 4.64. The summed E-state index contributed by atoms with van der Waals surface area (Å²) in [6.45, 7) is 1.19. The highest BCUT2D eigenvalue weighted by Gasteiger charge is 2.34. The van der Waals surface area contributed by atoms with Crippen LogP contribution in [-0.2, 0) is 20.9 Å². The molecule has 0 bridgehead atoms. The van der Waals surface area contributed by atoms with Crippen molar-refractivity contribution in [2.75, 3.05) is 18.0 Å². The van der Waals surface area contributed by atoms with Crippen LogP contribution in [0.5, 0.6) is 0 Å². The van der Waals surface area contributed by atoms with Crippen molar-refractivity contribution in [1.82, 2.24) is 15.6 Å². The van der Waals surface area contributed by atoms with E-state index in [4.69, 9.17) is 0 Å². The average molecular weight is 380 g/mol. The first-order valence-electron chi connectivity index (χ1n) is 9.43. The van der Waals surface area contributed by atoms with Gasteiger partial charge in [0, 0.05) is 37.8 Å². The zero-order valence-electron chi connectivity index (χ0n) is 15.6. The second kappa shape index (κ2) is 9.64. The van der Waals surface area contributed by atoms with E-state index in [0.717, 1.165) is 11.4 Å². The summed E-state index contributed by atoms with van der Waals surface area (Å²) in [6, 6.07) is 14.9. The smallest absolute Gasteiger partial charge is 0.227 e. The molecule has 1 fully saturated rings. The Morgan fingerprint density at radius 2 is 1.86 bits per heavy atom. The van der Waals surface area contributed by atoms with Crippen molar-refractivity contribution in [3.8, 4) is 0 Å². The molecule has 2 aromatic rings. The van der Waals surface area contributed by atoms with Gasteiger partial charge < -0.3 is 15.5 Å². The molecular weight excluding hydrogens is 356 g/mol. The van der Waals surface area contributed by atoms with E-state index in [-0.39, 0.29) is 30.1 Å². The van der Waals surface area contributed by atoms with Crippen molar-refractivity contribution in [3.05, 3.63) is 60.4 Å². The minimum absolute atomic E-state index is 0.0414. The lowest BCUT2D eigenvalue weighted by Gasteiger charge is -2.16. The van der Waals surface area contributed by atoms with Gasteiger partial charge in [0.15, 0.2) is 0 Å². The molecule has 1 aromatic carbocycles. The first-order valence-corrected chi connectivity index (χ1v) is 9.43. The van der Waals surface area contributed by atoms with Crippen LogP contribution in [0.15, 0.2) is 54.7 Å². The number of nitrogens with zero attached hydrogens (tertiary/aromatic N) is 2. The standard InChI is InChI=1S/C21H24N4O3/c26-19(24-14-17-7-4-5-11-22-17)10-6-12-23-21(28)16-13-20(27)25(15-16)18-8-2-1-3-9-18/h1-5,7-9,11,16H,6,10,12-15H2,(H,23,28)(H,24,26)/t16-/m0/s1. The summed E-state index contributed by atoms with van der Waals surface area (Å²) < 4.78 is 0. The zero-order chi connectivity index (χ0) is 19.8. The number of amides is 3. The summed E-state index contributed by atoms with van der Waals surface area (Å²) in [5.41, 5.74) is 1.62. The van der Waals surface area contributed by atoms with Crippen molar-refractivity contribution in [1.29, 1.82) is 0 Å². The van der Waals surface area contributed by atoms with Crippen LogP contribution in [-0.4, -0.2) is 35.8 Å². The van der Waals surface area contributed by atoms with E-state index in [1.165, 1.54) is 0 Å². The summed E-state index contributed by atoms with van der Waals surface area (Å²) >= 11 is 0. The van der Waals surface area contributed by atoms with Gasteiger partial charge in [0.05, 0.1) is 18.2 Å². The van der Waals surface area contributed by atoms with Crippen molar-refractivity contribution >= 4 is 23.4 Å². The number of para-hydroxylation sites is 1. The molecule has 7 nitrogen and oxygen atoms in total. The van der Waals surface area contributed by atoms with Gasteiger partial charge in [0.2, 0.25) is 17.7 Å². The quantitative estimate of drug-likeness (QED) is 0.681. The van der Waals surface area contributed by atoms with Crippen molar-refractivity contribution in [3.63, 3.8) is 0 Å². The maximum atomic E-state index is 12.3. The minimum atomic E-state index is -0.356. The van der Waals surface area contributed by atoms with E-state index >= 15 is 0 Å². The van der Waals surface area contributed by atoms with Crippen molar-refractivity contribution in [2.45, 2.75) is 25.8 Å². The summed E-state index contributed by atoms with van der Waals surface area (Å²) in [4.78, 5) is 42.2. The molecule has 0 aliphatic carbocycles. The molecule has 1 aliphatic rings. The molecule has 0 unspecified atom stereocenters. The van der Waals surface area contributed by atoms with E-state index in [9.17, 15) is 14.4 Å². The van der Waals surface area contributed by atoms with Crippen LogP contribution in [0.1, 0.15) is 25.0 Å². The number of hydrogen-bond donors (Lipinski definition) is 2. The summed E-state index contributed by atoms with van der Waals surface area (Å²) in [5, 5.41) is 5.64. The molecule has 1 aromatic heterocycles. The maximum absolute atomic E-state index is 12.3. The first kappa shape index (κ1) is 19.5. The van der Waals surface area contributed by atoms with Crippen LogP contribution in [0, 0.1) is 5.92 Å². The largest absolute Gasteiger partial charge is 0.356 e. The van der Waals surface area contributed by atoms with Crippen LogP contribution in [0.4, 0.5) is 5.69 Å². The molecule has 3 rings (SSSR count). The normalized spacial score (nSPS) is 16.1. The Labute approximate surface area is 164 Å².